The molecule has 3 aliphatic carbocycles. The Morgan fingerprint density at radius 2 is 1.48 bits per heavy atom. The fourth-order valence-electron chi connectivity index (χ4n) is 5.80. The molecule has 0 radical (unpaired) electrons. The fourth-order valence-corrected chi connectivity index (χ4v) is 7.00. The number of carbonyl (C=O) groups excluding carboxylic acids is 3. The normalized spacial score (nSPS) is 27.7. The van der Waals surface area contributed by atoms with Crippen LogP contribution in [0.5, 0.6) is 0 Å². The average Bonchev–Trinajstić information content (AvgIpc) is 3.06. The van der Waals surface area contributed by atoms with Crippen LogP contribution in [0.2, 0.25) is 0 Å². The van der Waals surface area contributed by atoms with Gasteiger partial charge in [-0.05, 0) is 41.3 Å². The van der Waals surface area contributed by atoms with Crippen molar-refractivity contribution in [3.63, 3.8) is 0 Å². The summed E-state index contributed by atoms with van der Waals surface area (Å²) in [6, 6.07) is 23.0. The van der Waals surface area contributed by atoms with Crippen LogP contribution in [0, 0.1) is 11.8 Å². The number of hydrogen-bond donors (Lipinski definition) is 0. The highest BCUT2D eigenvalue weighted by Crippen LogP contribution is 2.66. The lowest BCUT2D eigenvalue weighted by Crippen LogP contribution is -2.50. The molecule has 2 bridgehead atoms. The number of nitrogens with zero attached hydrogens (tertiary/aromatic N) is 1. The number of alkyl halides is 1. The summed E-state index contributed by atoms with van der Waals surface area (Å²) in [5, 5.41) is 0. The van der Waals surface area contributed by atoms with E-state index in [2.05, 4.69) is 40.2 Å². The van der Waals surface area contributed by atoms with Gasteiger partial charge in [0.25, 0.3) is 0 Å². The van der Waals surface area contributed by atoms with Crippen molar-refractivity contribution in [1.29, 1.82) is 0 Å². The van der Waals surface area contributed by atoms with Crippen molar-refractivity contribution in [2.75, 3.05) is 4.90 Å². The number of anilines is 1. The Morgan fingerprint density at radius 3 is 2.10 bits per heavy atom. The highest BCUT2D eigenvalue weighted by molar-refractivity contribution is 9.09. The van der Waals surface area contributed by atoms with Crippen LogP contribution in [0.1, 0.15) is 45.5 Å². The van der Waals surface area contributed by atoms with Crippen LogP contribution in [0.25, 0.3) is 0 Å². The highest BCUT2D eigenvalue weighted by atomic mass is 79.9. The van der Waals surface area contributed by atoms with Gasteiger partial charge in [0, 0.05) is 11.5 Å². The lowest BCUT2D eigenvalue weighted by molar-refractivity contribution is -0.122. The zero-order chi connectivity index (χ0) is 21.5. The quantitative estimate of drug-likeness (QED) is 0.306. The van der Waals surface area contributed by atoms with Crippen molar-refractivity contribution in [3.8, 4) is 0 Å². The molecule has 4 nitrogen and oxygen atoms in total. The lowest BCUT2D eigenvalue weighted by Gasteiger charge is -2.51. The summed E-state index contributed by atoms with van der Waals surface area (Å²) >= 11 is 3.99. The molecule has 0 aromatic heterocycles. The topological polar surface area (TPSA) is 54.5 Å². The van der Waals surface area contributed by atoms with E-state index in [1.165, 1.54) is 11.8 Å². The molecule has 1 saturated heterocycles. The van der Waals surface area contributed by atoms with Crippen molar-refractivity contribution < 1.29 is 14.4 Å². The van der Waals surface area contributed by atoms with E-state index >= 15 is 0 Å². The van der Waals surface area contributed by atoms with E-state index in [0.29, 0.717) is 11.3 Å². The Labute approximate surface area is 188 Å². The number of rotatable bonds is 2. The maximum Gasteiger partial charge on any atom is 0.239 e. The predicted octanol–water partition coefficient (Wildman–Crippen LogP) is 4.79. The summed E-state index contributed by atoms with van der Waals surface area (Å²) in [5.74, 6) is -1.73. The largest absolute Gasteiger partial charge is 0.295 e. The Bertz CT molecular complexity index is 1270. The van der Waals surface area contributed by atoms with Gasteiger partial charge in [0.05, 0.1) is 21.8 Å². The molecule has 1 aliphatic heterocycles. The average molecular weight is 472 g/mol. The zero-order valence-corrected chi connectivity index (χ0v) is 18.3. The number of benzene rings is 3. The molecule has 5 heteroatoms. The van der Waals surface area contributed by atoms with Crippen LogP contribution in [0.3, 0.4) is 0 Å². The highest BCUT2D eigenvalue weighted by Gasteiger charge is 2.67. The van der Waals surface area contributed by atoms with Gasteiger partial charge in [-0.25, -0.2) is 4.90 Å². The summed E-state index contributed by atoms with van der Waals surface area (Å²) in [5.41, 5.74) is 5.25. The van der Waals surface area contributed by atoms with Gasteiger partial charge in [0.2, 0.25) is 11.8 Å². The molecule has 0 spiro atoms. The molecule has 7 rings (SSSR count). The smallest absolute Gasteiger partial charge is 0.239 e. The van der Waals surface area contributed by atoms with Gasteiger partial charge in [0.15, 0.2) is 5.78 Å². The van der Waals surface area contributed by atoms with Gasteiger partial charge >= 0.3 is 0 Å². The van der Waals surface area contributed by atoms with Crippen molar-refractivity contribution in [3.05, 3.63) is 101 Å². The molecule has 1 fully saturated rings. The third-order valence-electron chi connectivity index (χ3n) is 7.03. The summed E-state index contributed by atoms with van der Waals surface area (Å²) in [6.45, 7) is 1.48. The molecule has 0 unspecified atom stereocenters. The minimum absolute atomic E-state index is 0.102. The van der Waals surface area contributed by atoms with Crippen molar-refractivity contribution in [2.45, 2.75) is 17.2 Å². The molecule has 3 aromatic rings. The molecule has 3 aromatic carbocycles. The summed E-state index contributed by atoms with van der Waals surface area (Å²) < 4.78 is -0.765. The number of halogens is 1. The first kappa shape index (κ1) is 18.7. The molecule has 2 atom stereocenters. The molecule has 152 valence electrons. The van der Waals surface area contributed by atoms with Gasteiger partial charge < -0.3 is 0 Å². The second-order valence-corrected chi connectivity index (χ2v) is 9.74. The van der Waals surface area contributed by atoms with Crippen LogP contribution >= 0.6 is 15.9 Å². The third-order valence-corrected chi connectivity index (χ3v) is 8.37. The maximum absolute atomic E-state index is 13.8. The first-order valence-electron chi connectivity index (χ1n) is 10.3. The minimum atomic E-state index is -0.765. The maximum atomic E-state index is 13.8. The van der Waals surface area contributed by atoms with Crippen LogP contribution < -0.4 is 4.90 Å². The van der Waals surface area contributed by atoms with Crippen molar-refractivity contribution in [2.24, 2.45) is 11.8 Å². The number of imide groups is 1. The van der Waals surface area contributed by atoms with E-state index in [-0.39, 0.29) is 23.5 Å². The van der Waals surface area contributed by atoms with Gasteiger partial charge in [-0.2, -0.15) is 0 Å². The SMILES string of the molecule is CC(=O)c1cccc(N2C(=O)[C@@H]3[C@@H](C2=O)C2c4ccccc4C3(Br)c3ccccc32)c1. The first-order chi connectivity index (χ1) is 14.9. The third kappa shape index (κ3) is 2.22. The van der Waals surface area contributed by atoms with Gasteiger partial charge in [-0.15, -0.1) is 0 Å². The standard InChI is InChI=1S/C26H18BrNO3/c1-14(29)15-7-6-8-16(13-15)28-24(30)22-21-17-9-2-4-11-19(17)26(27,23(22)25(28)31)20-12-5-3-10-18(20)21/h2-13,21-23H,1H3/t21?,22-,23-,26?/m0/s1. The summed E-state index contributed by atoms with van der Waals surface area (Å²) in [6.07, 6.45) is 0. The zero-order valence-electron chi connectivity index (χ0n) is 16.7. The Hall–Kier alpha value is -3.05. The number of carbonyl (C=O) groups is 3. The number of Topliss-reactive ketones (excluding diaryl/α,β-unsaturated/α-hetero) is 1. The number of ketones is 1. The molecule has 4 aliphatic rings. The van der Waals surface area contributed by atoms with Crippen LogP contribution in [-0.4, -0.2) is 17.6 Å². The van der Waals surface area contributed by atoms with E-state index in [1.807, 2.05) is 24.3 Å². The number of amides is 2. The van der Waals surface area contributed by atoms with Gasteiger partial charge in [-0.3, -0.25) is 14.4 Å². The Balaban J connectivity index is 1.58. The monoisotopic (exact) mass is 471 g/mol. The summed E-state index contributed by atoms with van der Waals surface area (Å²) in [4.78, 5) is 40.8. The molecule has 1 heterocycles. The molecule has 0 N–H and O–H groups in total. The minimum Gasteiger partial charge on any atom is -0.295 e. The van der Waals surface area contributed by atoms with E-state index in [0.717, 1.165) is 22.3 Å². The van der Waals surface area contributed by atoms with Crippen LogP contribution in [0.15, 0.2) is 72.8 Å². The van der Waals surface area contributed by atoms with Crippen LogP contribution in [-0.2, 0) is 13.9 Å². The molecule has 2 amide bonds. The van der Waals surface area contributed by atoms with Crippen LogP contribution in [0.4, 0.5) is 5.69 Å². The molecule has 31 heavy (non-hydrogen) atoms. The molecule has 0 saturated carbocycles. The predicted molar refractivity (Wildman–Crippen MR) is 120 cm³/mol. The summed E-state index contributed by atoms with van der Waals surface area (Å²) in [7, 11) is 0. The molecular weight excluding hydrogens is 454 g/mol. The second-order valence-electron chi connectivity index (χ2n) is 8.49. The second kappa shape index (κ2) is 6.24. The Morgan fingerprint density at radius 1 is 0.871 bits per heavy atom. The fraction of sp³-hybridized carbons (Fsp3) is 0.192. The van der Waals surface area contributed by atoms with E-state index < -0.39 is 16.2 Å². The first-order valence-corrected chi connectivity index (χ1v) is 11.1. The van der Waals surface area contributed by atoms with E-state index in [9.17, 15) is 14.4 Å². The van der Waals surface area contributed by atoms with Gasteiger partial charge in [-0.1, -0.05) is 76.6 Å². The Kier molecular flexibility index (Phi) is 3.76. The number of hydrogen-bond acceptors (Lipinski definition) is 3. The van der Waals surface area contributed by atoms with Crippen molar-refractivity contribution in [1.82, 2.24) is 0 Å². The van der Waals surface area contributed by atoms with E-state index in [1.54, 1.807) is 24.3 Å². The van der Waals surface area contributed by atoms with Gasteiger partial charge in [0.1, 0.15) is 0 Å². The van der Waals surface area contributed by atoms with E-state index in [4.69, 9.17) is 0 Å². The van der Waals surface area contributed by atoms with Crippen molar-refractivity contribution >= 4 is 39.2 Å². The molecular formula is C26H18BrNO3. The lowest BCUT2D eigenvalue weighted by atomic mass is 9.55.